The molecule has 4 rings (SSSR count). The third-order valence-corrected chi connectivity index (χ3v) is 5.01. The van der Waals surface area contributed by atoms with Crippen molar-refractivity contribution in [3.63, 3.8) is 0 Å². The average molecular weight is 320 g/mol. The standard InChI is InChI=1S/C20H20N2O2/c1-13-8-11-17-16(12-13)20(19(24)22(17)2,15-6-4-3-5-7-15)21-18(23)14-9-10-14/h3-8,11-12,14H,9-10H2,1-2H3,(H,21,23). The molecule has 0 bridgehead atoms. The van der Waals surface area contributed by atoms with Gasteiger partial charge in [-0.3, -0.25) is 9.59 Å². The number of nitrogens with zero attached hydrogens (tertiary/aromatic N) is 1. The zero-order valence-electron chi connectivity index (χ0n) is 13.9. The zero-order valence-corrected chi connectivity index (χ0v) is 13.9. The minimum absolute atomic E-state index is 0.0324. The van der Waals surface area contributed by atoms with Crippen LogP contribution in [0.25, 0.3) is 0 Å². The Morgan fingerprint density at radius 3 is 2.54 bits per heavy atom. The molecule has 2 aliphatic rings. The summed E-state index contributed by atoms with van der Waals surface area (Å²) in [6.45, 7) is 2.00. The van der Waals surface area contributed by atoms with Crippen LogP contribution in [0.2, 0.25) is 0 Å². The van der Waals surface area contributed by atoms with Gasteiger partial charge in [-0.15, -0.1) is 0 Å². The maximum absolute atomic E-state index is 13.3. The van der Waals surface area contributed by atoms with Gasteiger partial charge < -0.3 is 10.2 Å². The molecule has 0 spiro atoms. The number of aryl methyl sites for hydroxylation is 1. The summed E-state index contributed by atoms with van der Waals surface area (Å²) in [6.07, 6.45) is 1.81. The van der Waals surface area contributed by atoms with Crippen molar-refractivity contribution in [3.05, 3.63) is 65.2 Å². The highest BCUT2D eigenvalue weighted by Crippen LogP contribution is 2.45. The predicted molar refractivity (Wildman–Crippen MR) is 92.7 cm³/mol. The molecule has 0 saturated heterocycles. The van der Waals surface area contributed by atoms with E-state index in [1.54, 1.807) is 11.9 Å². The number of rotatable bonds is 3. The fourth-order valence-corrected chi connectivity index (χ4v) is 3.51. The van der Waals surface area contributed by atoms with Crippen LogP contribution in [0.15, 0.2) is 48.5 Å². The molecule has 122 valence electrons. The molecule has 4 heteroatoms. The summed E-state index contributed by atoms with van der Waals surface area (Å²) in [6, 6.07) is 15.5. The second-order valence-corrected chi connectivity index (χ2v) is 6.76. The number of likely N-dealkylation sites (N-methyl/N-ethyl adjacent to an activating group) is 1. The highest BCUT2D eigenvalue weighted by molar-refractivity contribution is 6.11. The Labute approximate surface area is 141 Å². The summed E-state index contributed by atoms with van der Waals surface area (Å²) < 4.78 is 0. The summed E-state index contributed by atoms with van der Waals surface area (Å²) >= 11 is 0. The average Bonchev–Trinajstić information content (AvgIpc) is 3.41. The van der Waals surface area contributed by atoms with E-state index in [9.17, 15) is 9.59 Å². The van der Waals surface area contributed by atoms with Crippen molar-refractivity contribution < 1.29 is 9.59 Å². The van der Waals surface area contributed by atoms with E-state index in [1.807, 2.05) is 55.5 Å². The van der Waals surface area contributed by atoms with Crippen molar-refractivity contribution in [1.29, 1.82) is 0 Å². The Morgan fingerprint density at radius 1 is 1.17 bits per heavy atom. The van der Waals surface area contributed by atoms with Crippen molar-refractivity contribution in [2.45, 2.75) is 25.3 Å². The van der Waals surface area contributed by atoms with Crippen LogP contribution >= 0.6 is 0 Å². The second kappa shape index (κ2) is 5.20. The highest BCUT2D eigenvalue weighted by atomic mass is 16.2. The van der Waals surface area contributed by atoms with E-state index in [-0.39, 0.29) is 17.7 Å². The highest BCUT2D eigenvalue weighted by Gasteiger charge is 2.53. The Hall–Kier alpha value is -2.62. The zero-order chi connectivity index (χ0) is 16.9. The topological polar surface area (TPSA) is 49.4 Å². The first kappa shape index (κ1) is 14.9. The number of benzene rings is 2. The molecular weight excluding hydrogens is 300 g/mol. The van der Waals surface area contributed by atoms with Crippen molar-refractivity contribution in [1.82, 2.24) is 5.32 Å². The van der Waals surface area contributed by atoms with E-state index < -0.39 is 5.54 Å². The number of hydrogen-bond donors (Lipinski definition) is 1. The van der Waals surface area contributed by atoms with Crippen molar-refractivity contribution in [2.75, 3.05) is 11.9 Å². The SMILES string of the molecule is Cc1ccc2c(c1)C(NC(=O)C1CC1)(c1ccccc1)C(=O)N2C. The maximum Gasteiger partial charge on any atom is 0.261 e. The molecule has 1 aliphatic carbocycles. The Bertz CT molecular complexity index is 827. The van der Waals surface area contributed by atoms with Gasteiger partial charge in [0, 0.05) is 24.2 Å². The predicted octanol–water partition coefficient (Wildman–Crippen LogP) is 2.74. The lowest BCUT2D eigenvalue weighted by Gasteiger charge is -2.30. The lowest BCUT2D eigenvalue weighted by Crippen LogP contribution is -2.53. The Morgan fingerprint density at radius 2 is 1.88 bits per heavy atom. The summed E-state index contributed by atoms with van der Waals surface area (Å²) in [5.41, 5.74) is 2.45. The summed E-state index contributed by atoms with van der Waals surface area (Å²) in [4.78, 5) is 27.5. The van der Waals surface area contributed by atoms with Crippen LogP contribution in [0.1, 0.15) is 29.5 Å². The number of carbonyl (C=O) groups excluding carboxylic acids is 2. The first-order valence-corrected chi connectivity index (χ1v) is 8.31. The third-order valence-electron chi connectivity index (χ3n) is 5.01. The second-order valence-electron chi connectivity index (χ2n) is 6.76. The normalized spacial score (nSPS) is 22.4. The molecule has 1 N–H and O–H groups in total. The van der Waals surface area contributed by atoms with Crippen LogP contribution in [0.5, 0.6) is 0 Å². The first-order chi connectivity index (χ1) is 11.5. The number of anilines is 1. The molecule has 1 atom stereocenters. The Balaban J connectivity index is 1.94. The van der Waals surface area contributed by atoms with Gasteiger partial charge in [0.05, 0.1) is 0 Å². The van der Waals surface area contributed by atoms with E-state index in [2.05, 4.69) is 5.32 Å². The molecule has 1 saturated carbocycles. The monoisotopic (exact) mass is 320 g/mol. The lowest BCUT2D eigenvalue weighted by atomic mass is 9.83. The molecule has 1 fully saturated rings. The molecule has 2 aromatic carbocycles. The van der Waals surface area contributed by atoms with E-state index >= 15 is 0 Å². The fourth-order valence-electron chi connectivity index (χ4n) is 3.51. The number of hydrogen-bond acceptors (Lipinski definition) is 2. The molecule has 2 amide bonds. The quantitative estimate of drug-likeness (QED) is 0.945. The van der Waals surface area contributed by atoms with Crippen molar-refractivity contribution in [3.8, 4) is 0 Å². The smallest absolute Gasteiger partial charge is 0.261 e. The van der Waals surface area contributed by atoms with Gasteiger partial charge in [0.1, 0.15) is 0 Å². The van der Waals surface area contributed by atoms with Gasteiger partial charge in [0.15, 0.2) is 5.54 Å². The van der Waals surface area contributed by atoms with Crippen LogP contribution < -0.4 is 10.2 Å². The van der Waals surface area contributed by atoms with Gasteiger partial charge in [-0.05, 0) is 31.4 Å². The number of amides is 2. The van der Waals surface area contributed by atoms with Gasteiger partial charge >= 0.3 is 0 Å². The molecule has 2 aromatic rings. The number of fused-ring (bicyclic) bond motifs is 1. The lowest BCUT2D eigenvalue weighted by molar-refractivity contribution is -0.130. The van der Waals surface area contributed by atoms with E-state index in [0.717, 1.165) is 35.2 Å². The van der Waals surface area contributed by atoms with E-state index in [0.29, 0.717) is 0 Å². The maximum atomic E-state index is 13.3. The molecule has 0 aromatic heterocycles. The molecule has 0 radical (unpaired) electrons. The summed E-state index contributed by atoms with van der Waals surface area (Å²) in [7, 11) is 1.77. The molecular formula is C20H20N2O2. The van der Waals surface area contributed by atoms with Crippen LogP contribution in [-0.4, -0.2) is 18.9 Å². The van der Waals surface area contributed by atoms with Crippen molar-refractivity contribution >= 4 is 17.5 Å². The minimum Gasteiger partial charge on any atom is -0.334 e. The van der Waals surface area contributed by atoms with Crippen LogP contribution in [0.4, 0.5) is 5.69 Å². The minimum atomic E-state index is -1.13. The first-order valence-electron chi connectivity index (χ1n) is 8.31. The summed E-state index contributed by atoms with van der Waals surface area (Å²) in [5, 5.41) is 3.10. The van der Waals surface area contributed by atoms with E-state index in [4.69, 9.17) is 0 Å². The van der Waals surface area contributed by atoms with Crippen LogP contribution in [-0.2, 0) is 15.1 Å². The van der Waals surface area contributed by atoms with Gasteiger partial charge in [-0.2, -0.15) is 0 Å². The molecule has 1 unspecified atom stereocenters. The summed E-state index contributed by atoms with van der Waals surface area (Å²) in [5.74, 6) is -0.101. The molecule has 24 heavy (non-hydrogen) atoms. The van der Waals surface area contributed by atoms with Gasteiger partial charge in [0.2, 0.25) is 5.91 Å². The molecule has 4 nitrogen and oxygen atoms in total. The van der Waals surface area contributed by atoms with Gasteiger partial charge in [-0.25, -0.2) is 0 Å². The van der Waals surface area contributed by atoms with Gasteiger partial charge in [-0.1, -0.05) is 48.0 Å². The third kappa shape index (κ3) is 2.06. The van der Waals surface area contributed by atoms with Crippen LogP contribution in [0.3, 0.4) is 0 Å². The van der Waals surface area contributed by atoms with E-state index in [1.165, 1.54) is 0 Å². The molecule has 1 aliphatic heterocycles. The molecule has 1 heterocycles. The Kier molecular flexibility index (Phi) is 3.23. The van der Waals surface area contributed by atoms with Crippen LogP contribution in [0, 0.1) is 12.8 Å². The van der Waals surface area contributed by atoms with Gasteiger partial charge in [0.25, 0.3) is 5.91 Å². The van der Waals surface area contributed by atoms with Crippen molar-refractivity contribution in [2.24, 2.45) is 5.92 Å². The number of carbonyl (C=O) groups is 2. The largest absolute Gasteiger partial charge is 0.334 e. The number of nitrogens with one attached hydrogen (secondary N) is 1. The fraction of sp³-hybridized carbons (Fsp3) is 0.300.